The molecule has 1 aromatic rings. The molecule has 22 heavy (non-hydrogen) atoms. The second kappa shape index (κ2) is 10.2. The third-order valence-electron chi connectivity index (χ3n) is 3.19. The fourth-order valence-corrected chi connectivity index (χ4v) is 1.97. The summed E-state index contributed by atoms with van der Waals surface area (Å²) in [6.45, 7) is 7.00. The first-order valence-electron chi connectivity index (χ1n) is 7.25. The quantitative estimate of drug-likeness (QED) is 0.665. The topological polar surface area (TPSA) is 70.2 Å². The zero-order valence-corrected chi connectivity index (χ0v) is 14.4. The van der Waals surface area contributed by atoms with Gasteiger partial charge in [-0.2, -0.15) is 0 Å². The summed E-state index contributed by atoms with van der Waals surface area (Å²) in [5, 5.41) is 8.59. The monoisotopic (exact) mass is 327 g/mol. The van der Waals surface area contributed by atoms with Crippen molar-refractivity contribution in [3.63, 3.8) is 0 Å². The Morgan fingerprint density at radius 2 is 1.86 bits per heavy atom. The standard InChI is InChI=1S/C16H25N3O2.ClH/c1-11(2)14(16(21)18-9-8-17-4)19-15(20)13-7-5-6-12(3)10-13;/h5-7,10-11,14,17H,8-9H2,1-4H3,(H,18,21)(H,19,20);1H. The molecule has 0 saturated heterocycles. The highest BCUT2D eigenvalue weighted by Gasteiger charge is 2.24. The molecule has 0 aromatic heterocycles. The Balaban J connectivity index is 0.00000441. The highest BCUT2D eigenvalue weighted by atomic mass is 35.5. The van der Waals surface area contributed by atoms with Crippen molar-refractivity contribution in [2.75, 3.05) is 20.1 Å². The third kappa shape index (κ3) is 6.45. The molecule has 1 atom stereocenters. The molecular formula is C16H26ClN3O2. The molecule has 5 nitrogen and oxygen atoms in total. The number of benzene rings is 1. The number of likely N-dealkylation sites (N-methyl/N-ethyl adjacent to an activating group) is 1. The van der Waals surface area contributed by atoms with Crippen molar-refractivity contribution in [3.8, 4) is 0 Å². The summed E-state index contributed by atoms with van der Waals surface area (Å²) in [5.41, 5.74) is 1.59. The van der Waals surface area contributed by atoms with E-state index in [0.717, 1.165) is 5.56 Å². The second-order valence-electron chi connectivity index (χ2n) is 5.46. The molecule has 6 heteroatoms. The van der Waals surface area contributed by atoms with Gasteiger partial charge in [0.1, 0.15) is 6.04 Å². The van der Waals surface area contributed by atoms with Gasteiger partial charge < -0.3 is 16.0 Å². The fraction of sp³-hybridized carbons (Fsp3) is 0.500. The highest BCUT2D eigenvalue weighted by molar-refractivity contribution is 5.97. The van der Waals surface area contributed by atoms with Gasteiger partial charge in [-0.3, -0.25) is 9.59 Å². The van der Waals surface area contributed by atoms with Gasteiger partial charge in [-0.1, -0.05) is 31.5 Å². The molecule has 1 aromatic carbocycles. The minimum Gasteiger partial charge on any atom is -0.353 e. The van der Waals surface area contributed by atoms with Gasteiger partial charge in [-0.15, -0.1) is 12.4 Å². The van der Waals surface area contributed by atoms with Gasteiger partial charge in [0.05, 0.1) is 0 Å². The molecule has 0 fully saturated rings. The van der Waals surface area contributed by atoms with Crippen LogP contribution in [0.1, 0.15) is 29.8 Å². The van der Waals surface area contributed by atoms with Crippen LogP contribution >= 0.6 is 12.4 Å². The summed E-state index contributed by atoms with van der Waals surface area (Å²) in [6.07, 6.45) is 0. The number of amides is 2. The third-order valence-corrected chi connectivity index (χ3v) is 3.19. The van der Waals surface area contributed by atoms with Crippen LogP contribution in [-0.2, 0) is 4.79 Å². The van der Waals surface area contributed by atoms with Crippen molar-refractivity contribution in [3.05, 3.63) is 35.4 Å². The van der Waals surface area contributed by atoms with Crippen LogP contribution in [0.15, 0.2) is 24.3 Å². The van der Waals surface area contributed by atoms with Crippen molar-refractivity contribution in [2.24, 2.45) is 5.92 Å². The fourth-order valence-electron chi connectivity index (χ4n) is 1.97. The number of halogens is 1. The van der Waals surface area contributed by atoms with Crippen molar-refractivity contribution in [1.29, 1.82) is 0 Å². The molecule has 0 bridgehead atoms. The average Bonchev–Trinajstić information content (AvgIpc) is 2.44. The minimum absolute atomic E-state index is 0. The molecule has 0 saturated carbocycles. The van der Waals surface area contributed by atoms with Gasteiger partial charge in [-0.05, 0) is 32.0 Å². The molecule has 0 radical (unpaired) electrons. The van der Waals surface area contributed by atoms with Crippen LogP contribution in [0.2, 0.25) is 0 Å². The molecule has 0 heterocycles. The Morgan fingerprint density at radius 3 is 2.41 bits per heavy atom. The molecule has 1 rings (SSSR count). The van der Waals surface area contributed by atoms with Crippen LogP contribution in [0.5, 0.6) is 0 Å². The van der Waals surface area contributed by atoms with E-state index in [1.165, 1.54) is 0 Å². The van der Waals surface area contributed by atoms with Gasteiger partial charge in [-0.25, -0.2) is 0 Å². The first kappa shape index (κ1) is 20.4. The van der Waals surface area contributed by atoms with Crippen LogP contribution in [0.4, 0.5) is 0 Å². The van der Waals surface area contributed by atoms with Gasteiger partial charge in [0.2, 0.25) is 5.91 Å². The Hall–Kier alpha value is -1.59. The van der Waals surface area contributed by atoms with Crippen LogP contribution in [0, 0.1) is 12.8 Å². The molecule has 0 aliphatic heterocycles. The van der Waals surface area contributed by atoms with Gasteiger partial charge in [0.15, 0.2) is 0 Å². The van der Waals surface area contributed by atoms with Crippen LogP contribution in [0.3, 0.4) is 0 Å². The zero-order valence-electron chi connectivity index (χ0n) is 13.6. The maximum atomic E-state index is 12.2. The molecule has 0 aliphatic rings. The number of hydrogen-bond donors (Lipinski definition) is 3. The number of hydrogen-bond acceptors (Lipinski definition) is 3. The summed E-state index contributed by atoms with van der Waals surface area (Å²) in [5.74, 6) is -0.351. The lowest BCUT2D eigenvalue weighted by molar-refractivity contribution is -0.123. The minimum atomic E-state index is -0.533. The predicted molar refractivity (Wildman–Crippen MR) is 91.5 cm³/mol. The lowest BCUT2D eigenvalue weighted by atomic mass is 10.0. The molecule has 124 valence electrons. The SMILES string of the molecule is CNCCNC(=O)C(NC(=O)c1cccc(C)c1)C(C)C.Cl. The van der Waals surface area contributed by atoms with E-state index in [-0.39, 0.29) is 30.1 Å². The van der Waals surface area contributed by atoms with Crippen molar-refractivity contribution >= 4 is 24.2 Å². The Bertz CT molecular complexity index is 492. The Kier molecular flexibility index (Phi) is 9.45. The van der Waals surface area contributed by atoms with Crippen LogP contribution < -0.4 is 16.0 Å². The summed E-state index contributed by atoms with van der Waals surface area (Å²) >= 11 is 0. The van der Waals surface area contributed by atoms with E-state index >= 15 is 0 Å². The molecular weight excluding hydrogens is 302 g/mol. The second-order valence-corrected chi connectivity index (χ2v) is 5.46. The lowest BCUT2D eigenvalue weighted by Crippen LogP contribution is -2.50. The maximum absolute atomic E-state index is 12.2. The number of aryl methyl sites for hydroxylation is 1. The number of carbonyl (C=O) groups is 2. The first-order valence-corrected chi connectivity index (χ1v) is 7.25. The van der Waals surface area contributed by atoms with E-state index in [0.29, 0.717) is 18.7 Å². The van der Waals surface area contributed by atoms with E-state index in [1.54, 1.807) is 6.07 Å². The molecule has 2 amide bonds. The van der Waals surface area contributed by atoms with Gasteiger partial charge in [0, 0.05) is 18.7 Å². The van der Waals surface area contributed by atoms with Gasteiger partial charge >= 0.3 is 0 Å². The summed E-state index contributed by atoms with van der Waals surface area (Å²) < 4.78 is 0. The predicted octanol–water partition coefficient (Wildman–Crippen LogP) is 1.51. The molecule has 3 N–H and O–H groups in total. The number of carbonyl (C=O) groups excluding carboxylic acids is 2. The molecule has 0 aliphatic carbocycles. The smallest absolute Gasteiger partial charge is 0.251 e. The number of rotatable bonds is 7. The lowest BCUT2D eigenvalue weighted by Gasteiger charge is -2.21. The van der Waals surface area contributed by atoms with Gasteiger partial charge in [0.25, 0.3) is 5.91 Å². The maximum Gasteiger partial charge on any atom is 0.251 e. The Labute approximate surface area is 138 Å². The normalized spacial score (nSPS) is 11.5. The van der Waals surface area contributed by atoms with E-state index < -0.39 is 6.04 Å². The first-order chi connectivity index (χ1) is 9.95. The Morgan fingerprint density at radius 1 is 1.18 bits per heavy atom. The van der Waals surface area contributed by atoms with Crippen molar-refractivity contribution < 1.29 is 9.59 Å². The largest absolute Gasteiger partial charge is 0.353 e. The van der Waals surface area contributed by atoms with Crippen LogP contribution in [0.25, 0.3) is 0 Å². The average molecular weight is 328 g/mol. The number of nitrogens with one attached hydrogen (secondary N) is 3. The van der Waals surface area contributed by atoms with Crippen molar-refractivity contribution in [2.45, 2.75) is 26.8 Å². The summed E-state index contributed by atoms with van der Waals surface area (Å²) in [4.78, 5) is 24.4. The van der Waals surface area contributed by atoms with Crippen LogP contribution in [-0.4, -0.2) is 38.0 Å². The van der Waals surface area contributed by atoms with E-state index in [2.05, 4.69) is 16.0 Å². The highest BCUT2D eigenvalue weighted by Crippen LogP contribution is 2.07. The van der Waals surface area contributed by atoms with E-state index in [9.17, 15) is 9.59 Å². The zero-order chi connectivity index (χ0) is 15.8. The molecule has 0 spiro atoms. The van der Waals surface area contributed by atoms with E-state index in [1.807, 2.05) is 46.0 Å². The summed E-state index contributed by atoms with van der Waals surface area (Å²) in [7, 11) is 1.82. The molecule has 1 unspecified atom stereocenters. The van der Waals surface area contributed by atoms with Crippen molar-refractivity contribution in [1.82, 2.24) is 16.0 Å². The summed E-state index contributed by atoms with van der Waals surface area (Å²) in [6, 6.07) is 6.79. The van der Waals surface area contributed by atoms with E-state index in [4.69, 9.17) is 0 Å².